The zero-order chi connectivity index (χ0) is 18.9. The molecule has 0 aliphatic carbocycles. The number of unbranched alkanes of at least 4 members (excludes halogenated alkanes) is 1. The van der Waals surface area contributed by atoms with E-state index in [2.05, 4.69) is 17.6 Å². The lowest BCUT2D eigenvalue weighted by molar-refractivity contribution is 0.0975. The molecule has 0 radical (unpaired) electrons. The number of amides is 1. The Labute approximate surface area is 158 Å². The van der Waals surface area contributed by atoms with Gasteiger partial charge in [-0.3, -0.25) is 14.9 Å². The van der Waals surface area contributed by atoms with Gasteiger partial charge in [-0.25, -0.2) is 0 Å². The smallest absolute Gasteiger partial charge is 0.257 e. The van der Waals surface area contributed by atoms with E-state index in [9.17, 15) is 9.59 Å². The van der Waals surface area contributed by atoms with Crippen LogP contribution in [0.2, 0.25) is 0 Å². The summed E-state index contributed by atoms with van der Waals surface area (Å²) in [6.45, 7) is 4.22. The van der Waals surface area contributed by atoms with Crippen molar-refractivity contribution in [2.75, 3.05) is 11.9 Å². The summed E-state index contributed by atoms with van der Waals surface area (Å²) < 4.78 is 5.61. The number of ether oxygens (including phenoxy) is 1. The average molecular weight is 370 g/mol. The summed E-state index contributed by atoms with van der Waals surface area (Å²) in [6.07, 6.45) is 2.01. The van der Waals surface area contributed by atoms with Crippen LogP contribution >= 0.6 is 12.2 Å². The van der Waals surface area contributed by atoms with Gasteiger partial charge in [0.2, 0.25) is 0 Å². The molecule has 0 aromatic heterocycles. The molecule has 0 saturated carbocycles. The first-order valence-corrected chi connectivity index (χ1v) is 8.86. The van der Waals surface area contributed by atoms with E-state index in [1.807, 2.05) is 6.07 Å². The van der Waals surface area contributed by atoms with Crippen LogP contribution in [0.1, 0.15) is 47.4 Å². The lowest BCUT2D eigenvalue weighted by Gasteiger charge is -2.11. The predicted molar refractivity (Wildman–Crippen MR) is 107 cm³/mol. The van der Waals surface area contributed by atoms with Gasteiger partial charge in [0.1, 0.15) is 5.75 Å². The van der Waals surface area contributed by atoms with Crippen LogP contribution in [0.3, 0.4) is 0 Å². The van der Waals surface area contributed by atoms with Crippen LogP contribution in [0.15, 0.2) is 48.5 Å². The SMILES string of the molecule is CCCCOc1cccc(C(=O)NC(=S)Nc2ccc(C(C)=O)cc2)c1. The summed E-state index contributed by atoms with van der Waals surface area (Å²) in [6, 6.07) is 13.8. The maximum absolute atomic E-state index is 12.3. The minimum absolute atomic E-state index is 0.00605. The standard InChI is InChI=1S/C20H22N2O3S/c1-3-4-12-25-18-7-5-6-16(13-18)19(24)22-20(26)21-17-10-8-15(9-11-17)14(2)23/h5-11,13H,3-4,12H2,1-2H3,(H2,21,22,24,26). The minimum Gasteiger partial charge on any atom is -0.494 e. The maximum atomic E-state index is 12.3. The molecule has 0 aliphatic heterocycles. The fourth-order valence-electron chi connectivity index (χ4n) is 2.19. The first-order chi connectivity index (χ1) is 12.5. The second-order valence-electron chi connectivity index (χ2n) is 5.77. The number of hydrogen-bond donors (Lipinski definition) is 2. The molecule has 0 spiro atoms. The Morgan fingerprint density at radius 3 is 2.46 bits per heavy atom. The third-order valence-corrected chi connectivity index (χ3v) is 3.84. The fraction of sp³-hybridized carbons (Fsp3) is 0.250. The molecule has 2 aromatic carbocycles. The van der Waals surface area contributed by atoms with Crippen molar-refractivity contribution < 1.29 is 14.3 Å². The van der Waals surface area contributed by atoms with Gasteiger partial charge >= 0.3 is 0 Å². The molecule has 6 heteroatoms. The molecule has 0 saturated heterocycles. The van der Waals surface area contributed by atoms with Crippen molar-refractivity contribution in [3.05, 3.63) is 59.7 Å². The highest BCUT2D eigenvalue weighted by Gasteiger charge is 2.09. The molecule has 0 fully saturated rings. The van der Waals surface area contributed by atoms with Gasteiger partial charge in [0, 0.05) is 16.8 Å². The highest BCUT2D eigenvalue weighted by Crippen LogP contribution is 2.14. The Bertz CT molecular complexity index is 788. The molecule has 0 aliphatic rings. The molecule has 1 amide bonds. The highest BCUT2D eigenvalue weighted by molar-refractivity contribution is 7.80. The van der Waals surface area contributed by atoms with Crippen molar-refractivity contribution in [3.63, 3.8) is 0 Å². The number of anilines is 1. The first kappa shape index (κ1) is 19.6. The lowest BCUT2D eigenvalue weighted by Crippen LogP contribution is -2.34. The van der Waals surface area contributed by atoms with E-state index in [4.69, 9.17) is 17.0 Å². The summed E-state index contributed by atoms with van der Waals surface area (Å²) in [4.78, 5) is 23.6. The number of benzene rings is 2. The minimum atomic E-state index is -0.316. The molecule has 2 rings (SSSR count). The predicted octanol–water partition coefficient (Wildman–Crippen LogP) is 4.19. The third-order valence-electron chi connectivity index (χ3n) is 3.64. The second-order valence-corrected chi connectivity index (χ2v) is 6.18. The van der Waals surface area contributed by atoms with Crippen molar-refractivity contribution >= 4 is 34.7 Å². The molecule has 26 heavy (non-hydrogen) atoms. The van der Waals surface area contributed by atoms with Crippen molar-refractivity contribution in [2.24, 2.45) is 0 Å². The average Bonchev–Trinajstić information content (AvgIpc) is 2.62. The highest BCUT2D eigenvalue weighted by atomic mass is 32.1. The number of rotatable bonds is 7. The maximum Gasteiger partial charge on any atom is 0.257 e. The van der Waals surface area contributed by atoms with E-state index in [1.54, 1.807) is 42.5 Å². The molecule has 5 nitrogen and oxygen atoms in total. The largest absolute Gasteiger partial charge is 0.494 e. The van der Waals surface area contributed by atoms with Gasteiger partial charge in [0.25, 0.3) is 5.91 Å². The van der Waals surface area contributed by atoms with Crippen LogP contribution in [0.5, 0.6) is 5.75 Å². The molecule has 0 unspecified atom stereocenters. The number of hydrogen-bond acceptors (Lipinski definition) is 4. The van der Waals surface area contributed by atoms with E-state index in [0.29, 0.717) is 29.2 Å². The van der Waals surface area contributed by atoms with E-state index in [-0.39, 0.29) is 16.8 Å². The molecule has 0 bridgehead atoms. The number of ketones is 1. The molecule has 0 atom stereocenters. The molecular formula is C20H22N2O3S. The van der Waals surface area contributed by atoms with Crippen LogP contribution < -0.4 is 15.4 Å². The van der Waals surface area contributed by atoms with Gasteiger partial charge in [-0.1, -0.05) is 19.4 Å². The monoisotopic (exact) mass is 370 g/mol. The third kappa shape index (κ3) is 5.97. The number of thiocarbonyl (C=S) groups is 1. The van der Waals surface area contributed by atoms with Crippen LogP contribution in [0.4, 0.5) is 5.69 Å². The van der Waals surface area contributed by atoms with Gasteiger partial charge in [-0.2, -0.15) is 0 Å². The molecule has 0 heterocycles. The summed E-state index contributed by atoms with van der Waals surface area (Å²) >= 11 is 5.17. The van der Waals surface area contributed by atoms with Gasteiger partial charge in [0.05, 0.1) is 6.61 Å². The van der Waals surface area contributed by atoms with Gasteiger partial charge in [-0.05, 0) is 68.0 Å². The molecule has 2 N–H and O–H groups in total. The quantitative estimate of drug-likeness (QED) is 0.434. The van der Waals surface area contributed by atoms with Gasteiger partial charge in [-0.15, -0.1) is 0 Å². The zero-order valence-electron chi connectivity index (χ0n) is 14.9. The van der Waals surface area contributed by atoms with Crippen molar-refractivity contribution in [1.29, 1.82) is 0 Å². The van der Waals surface area contributed by atoms with Crippen molar-refractivity contribution in [3.8, 4) is 5.75 Å². The Kier molecular flexibility index (Phi) is 7.29. The second kappa shape index (κ2) is 9.68. The first-order valence-electron chi connectivity index (χ1n) is 8.46. The Morgan fingerprint density at radius 2 is 1.81 bits per heavy atom. The number of Topliss-reactive ketones (excluding diaryl/α,β-unsaturated/α-hetero) is 1. The molecular weight excluding hydrogens is 348 g/mol. The molecule has 2 aromatic rings. The van der Waals surface area contributed by atoms with Crippen LogP contribution in [0, 0.1) is 0 Å². The topological polar surface area (TPSA) is 67.4 Å². The Morgan fingerprint density at radius 1 is 1.08 bits per heavy atom. The van der Waals surface area contributed by atoms with E-state index < -0.39 is 0 Å². The number of nitrogens with one attached hydrogen (secondary N) is 2. The van der Waals surface area contributed by atoms with Crippen molar-refractivity contribution in [1.82, 2.24) is 5.32 Å². The fourth-order valence-corrected chi connectivity index (χ4v) is 2.40. The number of carbonyl (C=O) groups is 2. The molecule has 136 valence electrons. The summed E-state index contributed by atoms with van der Waals surface area (Å²) in [7, 11) is 0. The summed E-state index contributed by atoms with van der Waals surface area (Å²) in [5.41, 5.74) is 1.78. The van der Waals surface area contributed by atoms with Crippen LogP contribution in [-0.2, 0) is 0 Å². The number of carbonyl (C=O) groups excluding carboxylic acids is 2. The Hall–Kier alpha value is -2.73. The van der Waals surface area contributed by atoms with Crippen LogP contribution in [0.25, 0.3) is 0 Å². The van der Waals surface area contributed by atoms with E-state index >= 15 is 0 Å². The zero-order valence-corrected chi connectivity index (χ0v) is 15.7. The Balaban J connectivity index is 1.93. The summed E-state index contributed by atoms with van der Waals surface area (Å²) in [5, 5.41) is 5.74. The normalized spacial score (nSPS) is 10.1. The van der Waals surface area contributed by atoms with Gasteiger partial charge in [0.15, 0.2) is 10.9 Å². The summed E-state index contributed by atoms with van der Waals surface area (Å²) in [5.74, 6) is 0.335. The van der Waals surface area contributed by atoms with E-state index in [0.717, 1.165) is 12.8 Å². The van der Waals surface area contributed by atoms with E-state index in [1.165, 1.54) is 6.92 Å². The van der Waals surface area contributed by atoms with Crippen LogP contribution in [-0.4, -0.2) is 23.4 Å². The van der Waals surface area contributed by atoms with Crippen molar-refractivity contribution in [2.45, 2.75) is 26.7 Å². The van der Waals surface area contributed by atoms with Gasteiger partial charge < -0.3 is 10.1 Å². The lowest BCUT2D eigenvalue weighted by atomic mass is 10.1.